The molecule has 2 atom stereocenters. The molecule has 3 heterocycles. The van der Waals surface area contributed by atoms with Crippen molar-refractivity contribution in [2.24, 2.45) is 0 Å². The summed E-state index contributed by atoms with van der Waals surface area (Å²) in [7, 11) is -4.68. The fraction of sp³-hybridized carbons (Fsp3) is 0.765. The third kappa shape index (κ3) is 23.4. The molecule has 382 valence electrons. The molecule has 0 radical (unpaired) electrons. The predicted molar refractivity (Wildman–Crippen MR) is 265 cm³/mol. The van der Waals surface area contributed by atoms with E-state index in [-0.39, 0.29) is 45.4 Å². The molecule has 1 aromatic rings. The standard InChI is InChI=1S/C51H87BF2N3O9P/c1-5-7-9-11-13-15-17-19-21-23-25-27-29-31-50(59)63-41-47(66-51(60)32-30-28-26-24-22-20-18-16-14-12-10-8-6-2)42-65-67(61,62)64-38-37-55-49(58)36-35-45-33-34-46-40-48-43(3)39-44(4)56(48)52(53,54)57(45)46/h33-34,39-40,47H,5-32,35-38,41-42H2,1-4H3,(H,55,58)(H,61,62). The monoisotopic (exact) mass is 966 g/mol. The van der Waals surface area contributed by atoms with Gasteiger partial charge in [0.1, 0.15) is 12.3 Å². The Balaban J connectivity index is 1.37. The summed E-state index contributed by atoms with van der Waals surface area (Å²) in [5.41, 5.74) is 2.38. The van der Waals surface area contributed by atoms with E-state index < -0.39 is 45.3 Å². The lowest BCUT2D eigenvalue weighted by Crippen LogP contribution is -2.50. The summed E-state index contributed by atoms with van der Waals surface area (Å²) in [5.74, 6) is -1.40. The Bertz CT molecular complexity index is 1770. The molecule has 0 aromatic carbocycles. The van der Waals surface area contributed by atoms with Crippen molar-refractivity contribution in [3.05, 3.63) is 40.9 Å². The lowest BCUT2D eigenvalue weighted by Gasteiger charge is -2.30. The highest BCUT2D eigenvalue weighted by Gasteiger charge is 2.52. The number of phosphoric acid groups is 1. The van der Waals surface area contributed by atoms with Crippen molar-refractivity contribution in [2.45, 2.75) is 226 Å². The molecule has 0 saturated heterocycles. The number of allylic oxidation sites excluding steroid dienone is 2. The molecule has 1 aromatic heterocycles. The number of ether oxygens (including phenoxy) is 2. The molecule has 0 fully saturated rings. The molecule has 1 amide bonds. The number of unbranched alkanes of at least 4 members (excludes halogenated alkanes) is 24. The van der Waals surface area contributed by atoms with Crippen molar-refractivity contribution in [3.8, 4) is 0 Å². The first kappa shape index (κ1) is 58.2. The van der Waals surface area contributed by atoms with Crippen molar-refractivity contribution in [1.82, 2.24) is 9.79 Å². The molecule has 16 heteroatoms. The number of hydrogen-bond donors (Lipinski definition) is 2. The summed E-state index contributed by atoms with van der Waals surface area (Å²) in [4.78, 5) is 48.6. The number of fused-ring (bicyclic) bond motifs is 2. The maximum atomic E-state index is 15.7. The number of amides is 1. The highest BCUT2D eigenvalue weighted by molar-refractivity contribution is 7.47. The molecule has 2 aliphatic heterocycles. The maximum Gasteiger partial charge on any atom is 0.737 e. The van der Waals surface area contributed by atoms with Gasteiger partial charge in [0.25, 0.3) is 0 Å². The SMILES string of the molecule is CCCCCCCCCCCCCCCC(=O)OCC(COP(=O)(O)OCCNC(=O)CCC1=[N+]2C(=Cc3c(C)cc(C)n3[B-]2(F)F)C=C1)OC(=O)CCCCCCCCCCCCCCC. The molecule has 0 bridgehead atoms. The molecule has 2 aliphatic rings. The summed E-state index contributed by atoms with van der Waals surface area (Å²) in [6.45, 7) is 2.35. The van der Waals surface area contributed by atoms with Gasteiger partial charge in [-0.25, -0.2) is 4.57 Å². The van der Waals surface area contributed by atoms with Gasteiger partial charge in [-0.3, -0.25) is 23.4 Å². The Morgan fingerprint density at radius 1 is 0.701 bits per heavy atom. The second-order valence-electron chi connectivity index (χ2n) is 18.8. The van der Waals surface area contributed by atoms with Crippen LogP contribution in [0.25, 0.3) is 6.08 Å². The van der Waals surface area contributed by atoms with Gasteiger partial charge in [0.2, 0.25) is 5.91 Å². The summed E-state index contributed by atoms with van der Waals surface area (Å²) < 4.78 is 67.6. The van der Waals surface area contributed by atoms with Crippen LogP contribution in [-0.2, 0) is 37.5 Å². The van der Waals surface area contributed by atoms with Crippen LogP contribution >= 0.6 is 7.82 Å². The number of aromatic nitrogens is 1. The van der Waals surface area contributed by atoms with Crippen LogP contribution in [-0.4, -0.2) is 76.9 Å². The van der Waals surface area contributed by atoms with Crippen molar-refractivity contribution in [2.75, 3.05) is 26.4 Å². The quantitative estimate of drug-likeness (QED) is 0.0283. The number of carbonyl (C=O) groups is 3. The largest absolute Gasteiger partial charge is 0.737 e. The molecule has 0 aliphatic carbocycles. The van der Waals surface area contributed by atoms with E-state index in [0.717, 1.165) is 53.1 Å². The first-order valence-corrected chi connectivity index (χ1v) is 27.8. The number of aryl methyl sites for hydroxylation is 2. The Labute approximate surface area is 402 Å². The van der Waals surface area contributed by atoms with Crippen molar-refractivity contribution >= 4 is 44.4 Å². The van der Waals surface area contributed by atoms with Gasteiger partial charge < -0.3 is 37.3 Å². The Morgan fingerprint density at radius 3 is 1.72 bits per heavy atom. The minimum absolute atomic E-state index is 0.0531. The number of hydrogen-bond acceptors (Lipinski definition) is 8. The average Bonchev–Trinajstić information content (AvgIpc) is 3.85. The van der Waals surface area contributed by atoms with Crippen LogP contribution in [0.15, 0.2) is 23.9 Å². The fourth-order valence-corrected chi connectivity index (χ4v) is 9.74. The van der Waals surface area contributed by atoms with E-state index in [1.165, 1.54) is 116 Å². The number of esters is 2. The van der Waals surface area contributed by atoms with E-state index in [1.54, 1.807) is 38.1 Å². The highest BCUT2D eigenvalue weighted by atomic mass is 31.2. The first-order valence-electron chi connectivity index (χ1n) is 26.3. The number of phosphoric ester groups is 1. The lowest BCUT2D eigenvalue weighted by molar-refractivity contribution is -0.362. The summed E-state index contributed by atoms with van der Waals surface area (Å²) in [6, 6.07) is 1.73. The van der Waals surface area contributed by atoms with E-state index >= 15 is 8.63 Å². The molecular weight excluding hydrogens is 878 g/mol. The molecule has 2 unspecified atom stereocenters. The third-order valence-corrected chi connectivity index (χ3v) is 13.8. The lowest BCUT2D eigenvalue weighted by atomic mass is 9.90. The van der Waals surface area contributed by atoms with Crippen LogP contribution in [0.5, 0.6) is 0 Å². The first-order chi connectivity index (χ1) is 32.3. The number of carbonyl (C=O) groups excluding carboxylic acids is 3. The van der Waals surface area contributed by atoms with E-state index in [4.69, 9.17) is 18.5 Å². The molecule has 0 spiro atoms. The molecule has 2 N–H and O–H groups in total. The highest BCUT2D eigenvalue weighted by Crippen LogP contribution is 2.43. The van der Waals surface area contributed by atoms with E-state index in [0.29, 0.717) is 35.6 Å². The number of halogens is 2. The Morgan fingerprint density at radius 2 is 1.19 bits per heavy atom. The summed E-state index contributed by atoms with van der Waals surface area (Å²) in [6.07, 6.45) is 34.9. The molecule has 12 nitrogen and oxygen atoms in total. The van der Waals surface area contributed by atoms with Crippen molar-refractivity contribution < 1.29 is 55.5 Å². The predicted octanol–water partition coefficient (Wildman–Crippen LogP) is 13.2. The molecule has 67 heavy (non-hydrogen) atoms. The fourth-order valence-electron chi connectivity index (χ4n) is 8.99. The van der Waals surface area contributed by atoms with Gasteiger partial charge in [-0.1, -0.05) is 168 Å². The van der Waals surface area contributed by atoms with Gasteiger partial charge in [-0.05, 0) is 44.0 Å². The summed E-state index contributed by atoms with van der Waals surface area (Å²) in [5, 5.41) is 2.58. The van der Waals surface area contributed by atoms with Gasteiger partial charge in [0.15, 0.2) is 11.8 Å². The molecule has 3 rings (SSSR count). The number of rotatable bonds is 41. The zero-order valence-corrected chi connectivity index (χ0v) is 42.7. The van der Waals surface area contributed by atoms with Crippen LogP contribution in [0.3, 0.4) is 0 Å². The van der Waals surface area contributed by atoms with Crippen molar-refractivity contribution in [1.29, 1.82) is 0 Å². The minimum Gasteiger partial charge on any atom is -0.462 e. The minimum atomic E-state index is -4.68. The van der Waals surface area contributed by atoms with Gasteiger partial charge in [-0.15, -0.1) is 0 Å². The van der Waals surface area contributed by atoms with Gasteiger partial charge in [0, 0.05) is 56.2 Å². The maximum absolute atomic E-state index is 15.7. The average molecular weight is 966 g/mol. The van der Waals surface area contributed by atoms with Crippen LogP contribution in [0.1, 0.15) is 223 Å². The topological polar surface area (TPSA) is 145 Å². The van der Waals surface area contributed by atoms with Crippen LogP contribution in [0.2, 0.25) is 0 Å². The summed E-state index contributed by atoms with van der Waals surface area (Å²) >= 11 is 0. The molecule has 0 saturated carbocycles. The van der Waals surface area contributed by atoms with Crippen LogP contribution in [0.4, 0.5) is 8.63 Å². The van der Waals surface area contributed by atoms with Gasteiger partial charge in [-0.2, -0.15) is 0 Å². The smallest absolute Gasteiger partial charge is 0.462 e. The van der Waals surface area contributed by atoms with E-state index in [9.17, 15) is 23.8 Å². The second-order valence-corrected chi connectivity index (χ2v) is 20.3. The number of nitrogens with one attached hydrogen (secondary N) is 1. The second kappa shape index (κ2) is 33.4. The molecular formula is C51H87BF2N3O9P. The third-order valence-electron chi connectivity index (χ3n) is 12.8. The van der Waals surface area contributed by atoms with E-state index in [2.05, 4.69) is 19.2 Å². The van der Waals surface area contributed by atoms with Gasteiger partial charge in [0.05, 0.1) is 13.2 Å². The zero-order valence-electron chi connectivity index (χ0n) is 41.8. The Kier molecular flexibility index (Phi) is 29.0. The van der Waals surface area contributed by atoms with Crippen LogP contribution in [0, 0.1) is 13.8 Å². The normalized spacial score (nSPS) is 15.2. The Hall–Kier alpha value is -3.13. The zero-order chi connectivity index (χ0) is 48.8. The van der Waals surface area contributed by atoms with E-state index in [1.807, 2.05) is 0 Å². The number of nitrogens with zero attached hydrogens (tertiary/aromatic N) is 2. The van der Waals surface area contributed by atoms with Gasteiger partial charge >= 0.3 is 26.7 Å². The van der Waals surface area contributed by atoms with Crippen molar-refractivity contribution in [3.63, 3.8) is 0 Å². The van der Waals surface area contributed by atoms with Crippen LogP contribution < -0.4 is 5.32 Å².